The van der Waals surface area contributed by atoms with Gasteiger partial charge in [0.15, 0.2) is 0 Å². The number of urea groups is 1. The van der Waals surface area contributed by atoms with Crippen molar-refractivity contribution in [1.82, 2.24) is 10.2 Å². The number of aliphatic carboxylic acids is 1. The third-order valence-corrected chi connectivity index (χ3v) is 4.69. The van der Waals surface area contributed by atoms with Crippen LogP contribution in [0.5, 0.6) is 0 Å². The van der Waals surface area contributed by atoms with E-state index >= 15 is 0 Å². The molecule has 1 aliphatic carbocycles. The standard InChI is InChI=1S/C15H26N2O4/c1-17(10-12-6-2-5-9-21-12)14(20)16-11-15(13(18)19)7-3-4-8-15/h12H,2-11H2,1H3,(H,16,20)(H,18,19). The van der Waals surface area contributed by atoms with E-state index < -0.39 is 11.4 Å². The van der Waals surface area contributed by atoms with Crippen molar-refractivity contribution in [2.45, 2.75) is 51.0 Å². The third-order valence-electron chi connectivity index (χ3n) is 4.69. The Morgan fingerprint density at radius 1 is 1.29 bits per heavy atom. The van der Waals surface area contributed by atoms with Gasteiger partial charge in [-0.1, -0.05) is 12.8 Å². The van der Waals surface area contributed by atoms with Crippen molar-refractivity contribution in [3.63, 3.8) is 0 Å². The van der Waals surface area contributed by atoms with Gasteiger partial charge in [-0.05, 0) is 32.1 Å². The first-order chi connectivity index (χ1) is 10.0. The molecule has 2 fully saturated rings. The highest BCUT2D eigenvalue weighted by Gasteiger charge is 2.41. The maximum Gasteiger partial charge on any atom is 0.317 e. The molecular weight excluding hydrogens is 272 g/mol. The van der Waals surface area contributed by atoms with Gasteiger partial charge in [0.05, 0.1) is 11.5 Å². The topological polar surface area (TPSA) is 78.9 Å². The monoisotopic (exact) mass is 298 g/mol. The van der Waals surface area contributed by atoms with E-state index in [9.17, 15) is 14.7 Å². The Morgan fingerprint density at radius 2 is 2.00 bits per heavy atom. The second-order valence-corrected chi connectivity index (χ2v) is 6.32. The summed E-state index contributed by atoms with van der Waals surface area (Å²) in [5, 5.41) is 12.2. The smallest absolute Gasteiger partial charge is 0.317 e. The molecule has 1 unspecified atom stereocenters. The number of hydrogen-bond donors (Lipinski definition) is 2. The Kier molecular flexibility index (Phi) is 5.45. The minimum absolute atomic E-state index is 0.106. The molecule has 1 heterocycles. The van der Waals surface area contributed by atoms with Crippen LogP contribution in [0.2, 0.25) is 0 Å². The first kappa shape index (κ1) is 16.1. The zero-order valence-corrected chi connectivity index (χ0v) is 12.8. The molecule has 2 rings (SSSR count). The summed E-state index contributed by atoms with van der Waals surface area (Å²) >= 11 is 0. The highest BCUT2D eigenvalue weighted by atomic mass is 16.5. The number of carboxylic acid groups (broad SMARTS) is 1. The molecule has 2 N–H and O–H groups in total. The van der Waals surface area contributed by atoms with Crippen molar-refractivity contribution < 1.29 is 19.4 Å². The number of likely N-dealkylation sites (N-methyl/N-ethyl adjacent to an activating group) is 1. The van der Waals surface area contributed by atoms with Crippen molar-refractivity contribution in [3.8, 4) is 0 Å². The predicted octanol–water partition coefficient (Wildman–Crippen LogP) is 1.84. The number of nitrogens with zero attached hydrogens (tertiary/aromatic N) is 1. The maximum atomic E-state index is 12.1. The SMILES string of the molecule is CN(CC1CCCCO1)C(=O)NCC1(C(=O)O)CCCC1. The second-order valence-electron chi connectivity index (χ2n) is 6.32. The molecule has 0 aromatic heterocycles. The molecule has 0 bridgehead atoms. The third kappa shape index (κ3) is 4.09. The summed E-state index contributed by atoms with van der Waals surface area (Å²) in [5.41, 5.74) is -0.766. The lowest BCUT2D eigenvalue weighted by Crippen LogP contribution is -2.47. The van der Waals surface area contributed by atoms with E-state index in [2.05, 4.69) is 5.32 Å². The summed E-state index contributed by atoms with van der Waals surface area (Å²) in [4.78, 5) is 25.1. The molecule has 0 aromatic rings. The molecule has 1 aliphatic heterocycles. The van der Waals surface area contributed by atoms with Gasteiger partial charge < -0.3 is 20.1 Å². The molecule has 6 nitrogen and oxygen atoms in total. The van der Waals surface area contributed by atoms with Gasteiger partial charge in [-0.2, -0.15) is 0 Å². The van der Waals surface area contributed by atoms with E-state index in [-0.39, 0.29) is 18.7 Å². The Labute approximate surface area is 125 Å². The Hall–Kier alpha value is -1.30. The first-order valence-electron chi connectivity index (χ1n) is 7.87. The van der Waals surface area contributed by atoms with E-state index in [0.717, 1.165) is 38.7 Å². The number of carboxylic acids is 1. The van der Waals surface area contributed by atoms with Crippen molar-refractivity contribution in [1.29, 1.82) is 0 Å². The van der Waals surface area contributed by atoms with Crippen LogP contribution in [0.15, 0.2) is 0 Å². The summed E-state index contributed by atoms with van der Waals surface area (Å²) in [7, 11) is 1.73. The quantitative estimate of drug-likeness (QED) is 0.812. The van der Waals surface area contributed by atoms with Crippen LogP contribution in [0.1, 0.15) is 44.9 Å². The number of amides is 2. The minimum atomic E-state index is -0.793. The van der Waals surface area contributed by atoms with Gasteiger partial charge in [0.25, 0.3) is 0 Å². The highest BCUT2D eigenvalue weighted by molar-refractivity contribution is 5.78. The van der Waals surface area contributed by atoms with Gasteiger partial charge in [0, 0.05) is 26.7 Å². The molecule has 6 heteroatoms. The minimum Gasteiger partial charge on any atom is -0.481 e. The molecule has 1 saturated carbocycles. The van der Waals surface area contributed by atoms with Crippen LogP contribution in [-0.4, -0.2) is 54.9 Å². The van der Waals surface area contributed by atoms with E-state index in [1.54, 1.807) is 11.9 Å². The van der Waals surface area contributed by atoms with Crippen molar-refractivity contribution in [2.75, 3.05) is 26.7 Å². The lowest BCUT2D eigenvalue weighted by Gasteiger charge is -2.29. The molecule has 0 aromatic carbocycles. The normalized spacial score (nSPS) is 24.5. The van der Waals surface area contributed by atoms with Crippen LogP contribution < -0.4 is 5.32 Å². The number of rotatable bonds is 5. The fourth-order valence-electron chi connectivity index (χ4n) is 3.24. The Balaban J connectivity index is 1.78. The molecule has 1 saturated heterocycles. The van der Waals surface area contributed by atoms with Crippen LogP contribution in [0.3, 0.4) is 0 Å². The zero-order chi connectivity index (χ0) is 15.3. The van der Waals surface area contributed by atoms with Gasteiger partial charge in [0.1, 0.15) is 0 Å². The van der Waals surface area contributed by atoms with Crippen LogP contribution in [0.25, 0.3) is 0 Å². The molecular formula is C15H26N2O4. The van der Waals surface area contributed by atoms with E-state index in [1.807, 2.05) is 0 Å². The molecule has 1 atom stereocenters. The molecule has 2 amide bonds. The lowest BCUT2D eigenvalue weighted by atomic mass is 9.86. The summed E-state index contributed by atoms with van der Waals surface area (Å²) in [6.07, 6.45) is 6.47. The van der Waals surface area contributed by atoms with Crippen molar-refractivity contribution in [3.05, 3.63) is 0 Å². The van der Waals surface area contributed by atoms with E-state index in [1.165, 1.54) is 0 Å². The van der Waals surface area contributed by atoms with Crippen LogP contribution in [0.4, 0.5) is 4.79 Å². The highest BCUT2D eigenvalue weighted by Crippen LogP contribution is 2.37. The number of carbonyl (C=O) groups is 2. The number of nitrogens with one attached hydrogen (secondary N) is 1. The van der Waals surface area contributed by atoms with E-state index in [4.69, 9.17) is 4.74 Å². The second kappa shape index (κ2) is 7.11. The molecule has 2 aliphatic rings. The van der Waals surface area contributed by atoms with Crippen molar-refractivity contribution >= 4 is 12.0 Å². The van der Waals surface area contributed by atoms with Crippen LogP contribution >= 0.6 is 0 Å². The largest absolute Gasteiger partial charge is 0.481 e. The van der Waals surface area contributed by atoms with Gasteiger partial charge in [-0.3, -0.25) is 4.79 Å². The van der Waals surface area contributed by atoms with E-state index in [0.29, 0.717) is 19.4 Å². The molecule has 21 heavy (non-hydrogen) atoms. The predicted molar refractivity (Wildman–Crippen MR) is 78.2 cm³/mol. The van der Waals surface area contributed by atoms with Gasteiger partial charge in [-0.25, -0.2) is 4.79 Å². The van der Waals surface area contributed by atoms with Crippen LogP contribution in [-0.2, 0) is 9.53 Å². The first-order valence-corrected chi connectivity index (χ1v) is 7.87. The molecule has 0 radical (unpaired) electrons. The average molecular weight is 298 g/mol. The van der Waals surface area contributed by atoms with Crippen molar-refractivity contribution in [2.24, 2.45) is 5.41 Å². The van der Waals surface area contributed by atoms with Gasteiger partial charge in [0.2, 0.25) is 0 Å². The molecule has 120 valence electrons. The van der Waals surface area contributed by atoms with Crippen LogP contribution in [0, 0.1) is 5.41 Å². The maximum absolute atomic E-state index is 12.1. The Bertz CT molecular complexity index is 374. The van der Waals surface area contributed by atoms with Gasteiger partial charge in [-0.15, -0.1) is 0 Å². The fraction of sp³-hybridized carbons (Fsp3) is 0.867. The average Bonchev–Trinajstić information content (AvgIpc) is 2.96. The molecule has 0 spiro atoms. The lowest BCUT2D eigenvalue weighted by molar-refractivity contribution is -0.148. The van der Waals surface area contributed by atoms with Gasteiger partial charge >= 0.3 is 12.0 Å². The summed E-state index contributed by atoms with van der Waals surface area (Å²) < 4.78 is 5.62. The number of ether oxygens (including phenoxy) is 1. The zero-order valence-electron chi connectivity index (χ0n) is 12.8. The number of carbonyl (C=O) groups excluding carboxylic acids is 1. The fourth-order valence-corrected chi connectivity index (χ4v) is 3.24. The summed E-state index contributed by atoms with van der Waals surface area (Å²) in [6, 6.07) is -0.211. The summed E-state index contributed by atoms with van der Waals surface area (Å²) in [5.74, 6) is -0.793. The summed E-state index contributed by atoms with van der Waals surface area (Å²) in [6.45, 7) is 1.55. The Morgan fingerprint density at radius 3 is 2.57 bits per heavy atom. The number of hydrogen-bond acceptors (Lipinski definition) is 3.